The number of anilines is 5. The third-order valence-electron chi connectivity index (χ3n) is 4.95. The predicted octanol–water partition coefficient (Wildman–Crippen LogP) is 4.73. The molecule has 0 atom stereocenters. The van der Waals surface area contributed by atoms with Crippen molar-refractivity contribution in [1.82, 2.24) is 15.2 Å². The number of rotatable bonds is 5. The van der Waals surface area contributed by atoms with Gasteiger partial charge in [-0.2, -0.15) is 10.1 Å². The molecule has 6 nitrogen and oxygen atoms in total. The molecule has 1 aromatic heterocycles. The standard InChI is InChI=1S/C21H23FN6/c1-15-10-12-28(13-11-15)19-8-6-17(7-9-19)24-20-14-23-27-21(26-20)25-18-4-2-16(22)3-5-18/h2-9,14-15H,10-13H2,1H3,(H2,24,25,26,27). The second-order valence-electron chi connectivity index (χ2n) is 7.14. The van der Waals surface area contributed by atoms with E-state index in [4.69, 9.17) is 0 Å². The maximum Gasteiger partial charge on any atom is 0.249 e. The Morgan fingerprint density at radius 2 is 1.57 bits per heavy atom. The number of nitrogens with zero attached hydrogens (tertiary/aromatic N) is 4. The van der Waals surface area contributed by atoms with Crippen LogP contribution in [0, 0.1) is 11.7 Å². The lowest BCUT2D eigenvalue weighted by atomic mass is 9.99. The first kappa shape index (κ1) is 18.2. The van der Waals surface area contributed by atoms with Crippen molar-refractivity contribution < 1.29 is 4.39 Å². The largest absolute Gasteiger partial charge is 0.372 e. The fraction of sp³-hybridized carbons (Fsp3) is 0.286. The molecule has 0 amide bonds. The molecule has 4 rings (SSSR count). The highest BCUT2D eigenvalue weighted by molar-refractivity contribution is 5.62. The van der Waals surface area contributed by atoms with E-state index in [1.165, 1.54) is 30.7 Å². The van der Waals surface area contributed by atoms with Crippen LogP contribution in [-0.2, 0) is 0 Å². The second kappa shape index (κ2) is 8.21. The van der Waals surface area contributed by atoms with E-state index in [-0.39, 0.29) is 5.82 Å². The molecular weight excluding hydrogens is 355 g/mol. The first-order valence-electron chi connectivity index (χ1n) is 9.50. The van der Waals surface area contributed by atoms with Crippen LogP contribution in [0.3, 0.4) is 0 Å². The zero-order valence-electron chi connectivity index (χ0n) is 15.8. The number of aromatic nitrogens is 3. The van der Waals surface area contributed by atoms with E-state index in [9.17, 15) is 4.39 Å². The third-order valence-corrected chi connectivity index (χ3v) is 4.95. The summed E-state index contributed by atoms with van der Waals surface area (Å²) >= 11 is 0. The van der Waals surface area contributed by atoms with Gasteiger partial charge in [-0.05, 0) is 67.3 Å². The molecular formula is C21H23FN6. The molecule has 0 unspecified atom stereocenters. The zero-order chi connectivity index (χ0) is 19.3. The van der Waals surface area contributed by atoms with Gasteiger partial charge in [0.15, 0.2) is 5.82 Å². The van der Waals surface area contributed by atoms with Crippen molar-refractivity contribution in [3.05, 3.63) is 60.5 Å². The van der Waals surface area contributed by atoms with Crippen LogP contribution in [0.2, 0.25) is 0 Å². The van der Waals surface area contributed by atoms with Crippen molar-refractivity contribution in [3.63, 3.8) is 0 Å². The number of nitrogens with one attached hydrogen (secondary N) is 2. The quantitative estimate of drug-likeness (QED) is 0.669. The van der Waals surface area contributed by atoms with Gasteiger partial charge in [-0.3, -0.25) is 0 Å². The van der Waals surface area contributed by atoms with Crippen LogP contribution in [0.1, 0.15) is 19.8 Å². The van der Waals surface area contributed by atoms with E-state index < -0.39 is 0 Å². The third kappa shape index (κ3) is 4.54. The molecule has 0 spiro atoms. The molecule has 1 saturated heterocycles. The van der Waals surface area contributed by atoms with E-state index in [1.54, 1.807) is 18.3 Å². The summed E-state index contributed by atoms with van der Waals surface area (Å²) in [7, 11) is 0. The zero-order valence-corrected chi connectivity index (χ0v) is 15.8. The highest BCUT2D eigenvalue weighted by Crippen LogP contribution is 2.25. The van der Waals surface area contributed by atoms with Crippen LogP contribution >= 0.6 is 0 Å². The van der Waals surface area contributed by atoms with Crippen LogP contribution in [0.5, 0.6) is 0 Å². The van der Waals surface area contributed by atoms with E-state index in [0.717, 1.165) is 24.7 Å². The smallest absolute Gasteiger partial charge is 0.249 e. The first-order valence-corrected chi connectivity index (χ1v) is 9.50. The monoisotopic (exact) mass is 378 g/mol. The summed E-state index contributed by atoms with van der Waals surface area (Å²) in [5, 5.41) is 14.2. The molecule has 144 valence electrons. The van der Waals surface area contributed by atoms with Crippen molar-refractivity contribution in [2.75, 3.05) is 28.6 Å². The van der Waals surface area contributed by atoms with Gasteiger partial charge in [-0.15, -0.1) is 5.10 Å². The van der Waals surface area contributed by atoms with Gasteiger partial charge in [-0.25, -0.2) is 4.39 Å². The first-order chi connectivity index (χ1) is 13.7. The summed E-state index contributed by atoms with van der Waals surface area (Å²) in [6.45, 7) is 4.55. The molecule has 0 aliphatic carbocycles. The molecule has 1 fully saturated rings. The minimum Gasteiger partial charge on any atom is -0.372 e. The van der Waals surface area contributed by atoms with Crippen molar-refractivity contribution in [2.45, 2.75) is 19.8 Å². The van der Waals surface area contributed by atoms with E-state index in [1.807, 2.05) is 12.1 Å². The van der Waals surface area contributed by atoms with E-state index in [2.05, 4.69) is 49.8 Å². The Balaban J connectivity index is 1.40. The summed E-state index contributed by atoms with van der Waals surface area (Å²) in [4.78, 5) is 6.84. The summed E-state index contributed by atoms with van der Waals surface area (Å²) in [5.41, 5.74) is 2.87. The van der Waals surface area contributed by atoms with Crippen LogP contribution in [-0.4, -0.2) is 28.3 Å². The van der Waals surface area contributed by atoms with Crippen molar-refractivity contribution >= 4 is 28.8 Å². The summed E-state index contributed by atoms with van der Waals surface area (Å²) < 4.78 is 13.0. The Morgan fingerprint density at radius 3 is 2.29 bits per heavy atom. The van der Waals surface area contributed by atoms with Crippen LogP contribution in [0.25, 0.3) is 0 Å². The van der Waals surface area contributed by atoms with Crippen molar-refractivity contribution in [3.8, 4) is 0 Å². The molecule has 2 aromatic carbocycles. The number of piperidine rings is 1. The molecule has 2 N–H and O–H groups in total. The maximum absolute atomic E-state index is 13.0. The Hall–Kier alpha value is -3.22. The Morgan fingerprint density at radius 1 is 0.929 bits per heavy atom. The van der Waals surface area contributed by atoms with Gasteiger partial charge in [0, 0.05) is 30.2 Å². The molecule has 28 heavy (non-hydrogen) atoms. The Bertz CT molecular complexity index is 905. The van der Waals surface area contributed by atoms with E-state index in [0.29, 0.717) is 17.5 Å². The summed E-state index contributed by atoms with van der Waals surface area (Å²) in [6.07, 6.45) is 4.06. The van der Waals surface area contributed by atoms with Crippen molar-refractivity contribution in [2.24, 2.45) is 5.92 Å². The SMILES string of the molecule is CC1CCN(c2ccc(Nc3cnnc(Nc4ccc(F)cc4)n3)cc2)CC1. The van der Waals surface area contributed by atoms with Crippen molar-refractivity contribution in [1.29, 1.82) is 0 Å². The number of hydrogen-bond donors (Lipinski definition) is 2. The molecule has 2 heterocycles. The summed E-state index contributed by atoms with van der Waals surface area (Å²) in [6, 6.07) is 14.4. The van der Waals surface area contributed by atoms with Gasteiger partial charge < -0.3 is 15.5 Å². The minimum atomic E-state index is -0.289. The lowest BCUT2D eigenvalue weighted by Crippen LogP contribution is -2.32. The van der Waals surface area contributed by atoms with Gasteiger partial charge >= 0.3 is 0 Å². The molecule has 3 aromatic rings. The highest BCUT2D eigenvalue weighted by atomic mass is 19.1. The molecule has 0 bridgehead atoms. The van der Waals surface area contributed by atoms with Crippen LogP contribution in [0.15, 0.2) is 54.7 Å². The van der Waals surface area contributed by atoms with Gasteiger partial charge in [0.05, 0.1) is 6.20 Å². The number of hydrogen-bond acceptors (Lipinski definition) is 6. The molecule has 1 aliphatic rings. The Kier molecular flexibility index (Phi) is 5.32. The maximum atomic E-state index is 13.0. The summed E-state index contributed by atoms with van der Waals surface area (Å²) in [5.74, 6) is 1.46. The minimum absolute atomic E-state index is 0.289. The normalized spacial score (nSPS) is 14.7. The van der Waals surface area contributed by atoms with Gasteiger partial charge in [0.1, 0.15) is 5.82 Å². The van der Waals surface area contributed by atoms with Crippen LogP contribution < -0.4 is 15.5 Å². The highest BCUT2D eigenvalue weighted by Gasteiger charge is 2.15. The van der Waals surface area contributed by atoms with E-state index >= 15 is 0 Å². The fourth-order valence-electron chi connectivity index (χ4n) is 3.25. The topological polar surface area (TPSA) is 66.0 Å². The lowest BCUT2D eigenvalue weighted by molar-refractivity contribution is 0.438. The number of benzene rings is 2. The van der Waals surface area contributed by atoms with Gasteiger partial charge in [0.25, 0.3) is 0 Å². The molecule has 1 aliphatic heterocycles. The average Bonchev–Trinajstić information content (AvgIpc) is 2.71. The fourth-order valence-corrected chi connectivity index (χ4v) is 3.25. The molecule has 7 heteroatoms. The molecule has 0 radical (unpaired) electrons. The van der Waals surface area contributed by atoms with Crippen LogP contribution in [0.4, 0.5) is 33.2 Å². The second-order valence-corrected chi connectivity index (χ2v) is 7.14. The Labute approximate surface area is 163 Å². The molecule has 0 saturated carbocycles. The van der Waals surface area contributed by atoms with Gasteiger partial charge in [0.2, 0.25) is 5.95 Å². The predicted molar refractivity (Wildman–Crippen MR) is 110 cm³/mol. The number of halogens is 1. The average molecular weight is 378 g/mol. The van der Waals surface area contributed by atoms with Gasteiger partial charge in [-0.1, -0.05) is 6.92 Å². The lowest BCUT2D eigenvalue weighted by Gasteiger charge is -2.32.